The van der Waals surface area contributed by atoms with E-state index in [1.165, 1.54) is 206 Å². The minimum absolute atomic E-state index is 0.0190. The van der Waals surface area contributed by atoms with Crippen molar-refractivity contribution in [2.75, 3.05) is 19.7 Å². The summed E-state index contributed by atoms with van der Waals surface area (Å²) in [6, 6.07) is 0. The van der Waals surface area contributed by atoms with Crippen molar-refractivity contribution in [1.29, 1.82) is 0 Å². The lowest BCUT2D eigenvalue weighted by Gasteiger charge is -2.05. The predicted molar refractivity (Wildman–Crippen MR) is 199 cm³/mol. The molecule has 0 saturated carbocycles. The number of nitrogens with one attached hydrogen (secondary N) is 1. The van der Waals surface area contributed by atoms with E-state index in [0.29, 0.717) is 13.0 Å². The molecule has 0 aromatic rings. The van der Waals surface area contributed by atoms with Gasteiger partial charge in [-0.1, -0.05) is 207 Å². The molecule has 0 aliphatic heterocycles. The molecule has 266 valence electrons. The van der Waals surface area contributed by atoms with Crippen molar-refractivity contribution in [2.24, 2.45) is 0 Å². The van der Waals surface area contributed by atoms with Crippen LogP contribution in [0.3, 0.4) is 0 Å². The van der Waals surface area contributed by atoms with Crippen LogP contribution in [0.25, 0.3) is 0 Å². The Morgan fingerprint density at radius 1 is 0.364 bits per heavy atom. The summed E-state index contributed by atoms with van der Waals surface area (Å²) in [5, 5.41) is 3.57. The normalized spacial score (nSPS) is 11.0. The maximum atomic E-state index is 11.7. The average molecular weight is 624 g/mol. The van der Waals surface area contributed by atoms with E-state index in [0.717, 1.165) is 12.8 Å². The van der Waals surface area contributed by atoms with Crippen molar-refractivity contribution < 1.29 is 9.53 Å². The summed E-state index contributed by atoms with van der Waals surface area (Å²) >= 11 is 0. The van der Waals surface area contributed by atoms with Crippen LogP contribution < -0.4 is 5.32 Å². The maximum Gasteiger partial charge on any atom is 0.305 e. The number of unbranched alkanes of at least 4 members (excludes halogenated alkanes) is 28. The molecule has 0 aliphatic carbocycles. The van der Waals surface area contributed by atoms with Crippen molar-refractivity contribution in [1.82, 2.24) is 5.32 Å². The van der Waals surface area contributed by atoms with Crippen LogP contribution in [0.4, 0.5) is 0 Å². The molecule has 0 unspecified atom stereocenters. The van der Waals surface area contributed by atoms with E-state index in [1.54, 1.807) is 0 Å². The summed E-state index contributed by atoms with van der Waals surface area (Å²) < 4.78 is 5.36. The first-order valence-corrected chi connectivity index (χ1v) is 20.6. The largest absolute Gasteiger partial charge is 0.466 e. The Kier molecular flexibility index (Phi) is 46.1. The van der Waals surface area contributed by atoms with Gasteiger partial charge < -0.3 is 10.1 Å². The Morgan fingerprint density at radius 3 is 0.977 bits per heavy atom. The van der Waals surface area contributed by atoms with Crippen molar-refractivity contribution in [3.05, 3.63) is 0 Å². The molecular formula is C41H85NO2. The fraction of sp³-hybridized carbons (Fsp3) is 0.976. The van der Waals surface area contributed by atoms with Gasteiger partial charge in [0.1, 0.15) is 0 Å². The average Bonchev–Trinajstić information content (AvgIpc) is 3.03. The molecule has 44 heavy (non-hydrogen) atoms. The van der Waals surface area contributed by atoms with Gasteiger partial charge in [-0.05, 0) is 38.8 Å². The fourth-order valence-electron chi connectivity index (χ4n) is 5.79. The zero-order chi connectivity index (χ0) is 32.4. The number of esters is 1. The predicted octanol–water partition coefficient (Wildman–Crippen LogP) is 14.1. The smallest absolute Gasteiger partial charge is 0.305 e. The molecule has 0 amide bonds. The standard InChI is InChI=1S/C25H50O2.C16H35N/c1-3-5-7-9-11-13-15-17-19-21-23-25(26)27-24-22-20-18-16-14-12-10-8-6-4-2;1-3-5-7-9-11-13-15-17-16-14-12-10-8-6-4-2/h3-24H2,1-2H3;17H,3-16H2,1-2H3. The monoisotopic (exact) mass is 624 g/mol. The highest BCUT2D eigenvalue weighted by Gasteiger charge is 2.02. The van der Waals surface area contributed by atoms with Gasteiger partial charge in [0.05, 0.1) is 6.61 Å². The Balaban J connectivity index is 0. The second-order valence-corrected chi connectivity index (χ2v) is 13.6. The van der Waals surface area contributed by atoms with Crippen LogP contribution in [-0.4, -0.2) is 25.7 Å². The van der Waals surface area contributed by atoms with Crippen LogP contribution in [0.5, 0.6) is 0 Å². The Morgan fingerprint density at radius 2 is 0.636 bits per heavy atom. The highest BCUT2D eigenvalue weighted by atomic mass is 16.5. The third kappa shape index (κ3) is 45.9. The number of carbonyl (C=O) groups excluding carboxylic acids is 1. The molecule has 3 heteroatoms. The summed E-state index contributed by atoms with van der Waals surface area (Å²) in [5.41, 5.74) is 0. The lowest BCUT2D eigenvalue weighted by atomic mass is 10.1. The number of ether oxygens (including phenoxy) is 1. The molecule has 1 N–H and O–H groups in total. The molecule has 0 saturated heterocycles. The molecular weight excluding hydrogens is 538 g/mol. The van der Waals surface area contributed by atoms with Gasteiger partial charge in [0, 0.05) is 6.42 Å². The fourth-order valence-corrected chi connectivity index (χ4v) is 5.79. The molecule has 0 spiro atoms. The van der Waals surface area contributed by atoms with E-state index in [-0.39, 0.29) is 5.97 Å². The molecule has 0 aromatic carbocycles. The van der Waals surface area contributed by atoms with Crippen molar-refractivity contribution in [3.63, 3.8) is 0 Å². The number of carbonyl (C=O) groups is 1. The van der Waals surface area contributed by atoms with E-state index in [4.69, 9.17) is 4.74 Å². The van der Waals surface area contributed by atoms with Crippen molar-refractivity contribution >= 4 is 5.97 Å². The zero-order valence-electron chi connectivity index (χ0n) is 31.3. The topological polar surface area (TPSA) is 38.3 Å². The SMILES string of the molecule is CCCCCCCCCCCCOC(=O)CCCCCCCCCCCC.CCCCCCCCNCCCCCCCC. The minimum atomic E-state index is 0.0190. The highest BCUT2D eigenvalue weighted by Crippen LogP contribution is 2.13. The summed E-state index contributed by atoms with van der Waals surface area (Å²) in [6.45, 7) is 12.2. The second kappa shape index (κ2) is 44.6. The van der Waals surface area contributed by atoms with Crippen LogP contribution in [0.2, 0.25) is 0 Å². The summed E-state index contributed by atoms with van der Waals surface area (Å²) in [4.78, 5) is 11.7. The Bertz CT molecular complexity index is 481. The van der Waals surface area contributed by atoms with E-state index >= 15 is 0 Å². The quantitative estimate of drug-likeness (QED) is 0.0557. The molecule has 0 radical (unpaired) electrons. The van der Waals surface area contributed by atoms with E-state index in [9.17, 15) is 4.79 Å². The minimum Gasteiger partial charge on any atom is -0.466 e. The molecule has 0 aromatic heterocycles. The van der Waals surface area contributed by atoms with Gasteiger partial charge in [0.25, 0.3) is 0 Å². The summed E-state index contributed by atoms with van der Waals surface area (Å²) in [5.74, 6) is 0.0190. The third-order valence-electron chi connectivity index (χ3n) is 8.91. The lowest BCUT2D eigenvalue weighted by Crippen LogP contribution is -2.16. The van der Waals surface area contributed by atoms with Crippen LogP contribution in [0.15, 0.2) is 0 Å². The summed E-state index contributed by atoms with van der Waals surface area (Å²) in [6.07, 6.45) is 43.8. The molecule has 3 nitrogen and oxygen atoms in total. The maximum absolute atomic E-state index is 11.7. The second-order valence-electron chi connectivity index (χ2n) is 13.6. The molecule has 0 bridgehead atoms. The van der Waals surface area contributed by atoms with Gasteiger partial charge >= 0.3 is 5.97 Å². The first kappa shape index (κ1) is 45.6. The number of rotatable bonds is 36. The van der Waals surface area contributed by atoms with Gasteiger partial charge in [0.15, 0.2) is 0 Å². The van der Waals surface area contributed by atoms with Gasteiger partial charge in [0.2, 0.25) is 0 Å². The number of hydrogen-bond donors (Lipinski definition) is 1. The van der Waals surface area contributed by atoms with Crippen molar-refractivity contribution in [3.8, 4) is 0 Å². The van der Waals surface area contributed by atoms with Crippen LogP contribution in [0.1, 0.15) is 240 Å². The van der Waals surface area contributed by atoms with E-state index in [1.807, 2.05) is 0 Å². The molecule has 0 fully saturated rings. The van der Waals surface area contributed by atoms with Crippen LogP contribution >= 0.6 is 0 Å². The van der Waals surface area contributed by atoms with Crippen molar-refractivity contribution in [2.45, 2.75) is 240 Å². The van der Waals surface area contributed by atoms with Gasteiger partial charge in [-0.25, -0.2) is 0 Å². The third-order valence-corrected chi connectivity index (χ3v) is 8.91. The van der Waals surface area contributed by atoms with Gasteiger partial charge in [-0.15, -0.1) is 0 Å². The molecule has 0 aliphatic rings. The highest BCUT2D eigenvalue weighted by molar-refractivity contribution is 5.69. The molecule has 0 atom stereocenters. The zero-order valence-corrected chi connectivity index (χ0v) is 31.3. The van der Waals surface area contributed by atoms with Crippen LogP contribution in [-0.2, 0) is 9.53 Å². The van der Waals surface area contributed by atoms with E-state index < -0.39 is 0 Å². The lowest BCUT2D eigenvalue weighted by molar-refractivity contribution is -0.143. The Labute approximate surface area is 279 Å². The first-order valence-electron chi connectivity index (χ1n) is 20.6. The van der Waals surface area contributed by atoms with Gasteiger partial charge in [-0.3, -0.25) is 4.79 Å². The van der Waals surface area contributed by atoms with Crippen LogP contribution in [0, 0.1) is 0 Å². The number of hydrogen-bond acceptors (Lipinski definition) is 3. The molecule has 0 heterocycles. The Hall–Kier alpha value is -0.570. The summed E-state index contributed by atoms with van der Waals surface area (Å²) in [7, 11) is 0. The molecule has 0 rings (SSSR count). The van der Waals surface area contributed by atoms with E-state index in [2.05, 4.69) is 33.0 Å². The first-order chi connectivity index (χ1) is 21.7. The van der Waals surface area contributed by atoms with Gasteiger partial charge in [-0.2, -0.15) is 0 Å².